The highest BCUT2D eigenvalue weighted by Gasteiger charge is 2.13. The lowest BCUT2D eigenvalue weighted by atomic mass is 10.0. The molecular formula is C19H19FN2O2S. The third-order valence-corrected chi connectivity index (χ3v) is 4.76. The van der Waals surface area contributed by atoms with Gasteiger partial charge in [-0.25, -0.2) is 4.39 Å². The summed E-state index contributed by atoms with van der Waals surface area (Å²) in [6.07, 6.45) is 3.23. The third-order valence-electron chi connectivity index (χ3n) is 3.38. The number of halogens is 1. The van der Waals surface area contributed by atoms with E-state index in [0.717, 1.165) is 5.56 Å². The van der Waals surface area contributed by atoms with Gasteiger partial charge in [0.25, 0.3) is 10.0 Å². The highest BCUT2D eigenvalue weighted by Crippen LogP contribution is 2.19. The second-order valence-corrected chi connectivity index (χ2v) is 6.97. The number of nitrogens with zero attached hydrogens (tertiary/aromatic N) is 1. The maximum Gasteiger partial charge on any atom is 0.283 e. The van der Waals surface area contributed by atoms with Crippen molar-refractivity contribution in [1.29, 1.82) is 0 Å². The van der Waals surface area contributed by atoms with Crippen LogP contribution in [-0.4, -0.2) is 14.3 Å². The maximum absolute atomic E-state index is 13.3. The molecular weight excluding hydrogens is 339 g/mol. The summed E-state index contributed by atoms with van der Waals surface area (Å²) in [6, 6.07) is 12.3. The summed E-state index contributed by atoms with van der Waals surface area (Å²) in [5.41, 5.74) is 2.02. The Morgan fingerprint density at radius 1 is 1.20 bits per heavy atom. The van der Waals surface area contributed by atoms with E-state index in [2.05, 4.69) is 16.3 Å². The van der Waals surface area contributed by atoms with Crippen molar-refractivity contribution in [1.82, 2.24) is 5.32 Å². The van der Waals surface area contributed by atoms with Gasteiger partial charge in [-0.2, -0.15) is 8.42 Å². The smallest absolute Gasteiger partial charge is 0.283 e. The van der Waals surface area contributed by atoms with Gasteiger partial charge in [0.15, 0.2) is 0 Å². The van der Waals surface area contributed by atoms with Crippen LogP contribution in [0.4, 0.5) is 4.39 Å². The Hall–Kier alpha value is -2.73. The summed E-state index contributed by atoms with van der Waals surface area (Å²) in [7, 11) is -3.81. The molecule has 0 aromatic heterocycles. The van der Waals surface area contributed by atoms with Gasteiger partial charge >= 0.3 is 0 Å². The molecule has 2 aromatic carbocycles. The Morgan fingerprint density at radius 2 is 1.88 bits per heavy atom. The predicted octanol–water partition coefficient (Wildman–Crippen LogP) is 4.06. The molecule has 0 unspecified atom stereocenters. The highest BCUT2D eigenvalue weighted by atomic mass is 32.2. The maximum atomic E-state index is 13.3. The molecule has 0 bridgehead atoms. The zero-order valence-corrected chi connectivity index (χ0v) is 14.8. The molecule has 1 N–H and O–H groups in total. The van der Waals surface area contributed by atoms with Crippen LogP contribution in [0.2, 0.25) is 0 Å². The number of rotatable bonds is 5. The van der Waals surface area contributed by atoms with Crippen molar-refractivity contribution in [2.75, 3.05) is 0 Å². The minimum Gasteiger partial charge on any atom is -0.343 e. The zero-order valence-electron chi connectivity index (χ0n) is 14.0. The number of hydrogen-bond donors (Lipinski definition) is 1. The summed E-state index contributed by atoms with van der Waals surface area (Å²) >= 11 is 0. The van der Waals surface area contributed by atoms with Crippen LogP contribution in [0.3, 0.4) is 0 Å². The van der Waals surface area contributed by atoms with E-state index in [1.54, 1.807) is 50.3 Å². The van der Waals surface area contributed by atoms with Gasteiger partial charge in [-0.3, -0.25) is 0 Å². The SMILES string of the molecule is C=C/C=C(\NC(C)=NS(=O)(=O)c1ccccc1)c1ccc(F)cc1C. The molecule has 0 heterocycles. The molecule has 6 heteroatoms. The van der Waals surface area contributed by atoms with Crippen molar-refractivity contribution >= 4 is 21.6 Å². The lowest BCUT2D eigenvalue weighted by Gasteiger charge is -2.13. The number of hydrogen-bond acceptors (Lipinski definition) is 2. The van der Waals surface area contributed by atoms with Gasteiger partial charge in [-0.15, -0.1) is 4.40 Å². The molecule has 25 heavy (non-hydrogen) atoms. The summed E-state index contributed by atoms with van der Waals surface area (Å²) in [6.45, 7) is 6.97. The van der Waals surface area contributed by atoms with Crippen LogP contribution in [0.25, 0.3) is 5.70 Å². The largest absolute Gasteiger partial charge is 0.343 e. The van der Waals surface area contributed by atoms with E-state index in [1.807, 2.05) is 0 Å². The van der Waals surface area contributed by atoms with Crippen LogP contribution >= 0.6 is 0 Å². The molecule has 0 spiro atoms. The standard InChI is InChI=1S/C19H19FN2O2S/c1-4-8-19(18-12-11-16(20)13-14(18)2)21-15(3)22-25(23,24)17-9-6-5-7-10-17/h4-13H,1H2,2-3H3,(H,21,22)/b19-8-. The highest BCUT2D eigenvalue weighted by molar-refractivity contribution is 7.90. The minimum atomic E-state index is -3.81. The lowest BCUT2D eigenvalue weighted by Crippen LogP contribution is -2.21. The van der Waals surface area contributed by atoms with Crippen molar-refractivity contribution in [3.05, 3.63) is 84.2 Å². The fourth-order valence-electron chi connectivity index (χ4n) is 2.29. The normalized spacial score (nSPS) is 12.8. The van der Waals surface area contributed by atoms with Crippen LogP contribution < -0.4 is 5.32 Å². The van der Waals surface area contributed by atoms with Gasteiger partial charge in [-0.1, -0.05) is 30.9 Å². The predicted molar refractivity (Wildman–Crippen MR) is 99.2 cm³/mol. The molecule has 0 atom stereocenters. The number of aryl methyl sites for hydroxylation is 1. The van der Waals surface area contributed by atoms with E-state index >= 15 is 0 Å². The Kier molecular flexibility index (Phi) is 5.88. The van der Waals surface area contributed by atoms with Gasteiger partial charge in [0.2, 0.25) is 0 Å². The quantitative estimate of drug-likeness (QED) is 0.498. The monoisotopic (exact) mass is 358 g/mol. The van der Waals surface area contributed by atoms with Crippen molar-refractivity contribution < 1.29 is 12.8 Å². The van der Waals surface area contributed by atoms with Crippen molar-refractivity contribution in [2.45, 2.75) is 18.7 Å². The van der Waals surface area contributed by atoms with E-state index in [-0.39, 0.29) is 16.5 Å². The Balaban J connectivity index is 2.34. The minimum absolute atomic E-state index is 0.114. The first-order chi connectivity index (χ1) is 11.8. The van der Waals surface area contributed by atoms with Gasteiger partial charge in [-0.05, 0) is 55.8 Å². The second kappa shape index (κ2) is 7.90. The van der Waals surface area contributed by atoms with Crippen LogP contribution in [0, 0.1) is 12.7 Å². The van der Waals surface area contributed by atoms with Gasteiger partial charge < -0.3 is 5.32 Å². The van der Waals surface area contributed by atoms with E-state index in [9.17, 15) is 12.8 Å². The van der Waals surface area contributed by atoms with E-state index in [0.29, 0.717) is 11.3 Å². The Morgan fingerprint density at radius 3 is 2.48 bits per heavy atom. The lowest BCUT2D eigenvalue weighted by molar-refractivity contribution is 0.598. The fourth-order valence-corrected chi connectivity index (χ4v) is 3.30. The summed E-state index contributed by atoms with van der Waals surface area (Å²) in [5, 5.41) is 2.96. The second-order valence-electron chi connectivity index (χ2n) is 5.37. The molecule has 0 aliphatic carbocycles. The van der Waals surface area contributed by atoms with Crippen molar-refractivity contribution in [2.24, 2.45) is 4.40 Å². The first-order valence-electron chi connectivity index (χ1n) is 7.56. The molecule has 2 rings (SSSR count). The topological polar surface area (TPSA) is 58.5 Å². The molecule has 0 aliphatic heterocycles. The van der Waals surface area contributed by atoms with Gasteiger partial charge in [0.05, 0.1) is 4.90 Å². The third kappa shape index (κ3) is 4.87. The van der Waals surface area contributed by atoms with E-state index in [4.69, 9.17) is 0 Å². The molecule has 0 aliphatic rings. The molecule has 130 valence electrons. The number of sulfonamides is 1. The summed E-state index contributed by atoms with van der Waals surface area (Å²) < 4.78 is 41.7. The Bertz CT molecular complexity index is 933. The molecule has 0 radical (unpaired) electrons. The van der Waals surface area contributed by atoms with Crippen LogP contribution in [0.1, 0.15) is 18.1 Å². The zero-order chi connectivity index (χ0) is 18.4. The average Bonchev–Trinajstić information content (AvgIpc) is 2.55. The number of amidine groups is 1. The molecule has 0 saturated heterocycles. The van der Waals surface area contributed by atoms with E-state index in [1.165, 1.54) is 24.3 Å². The summed E-state index contributed by atoms with van der Waals surface area (Å²) in [5.74, 6) is -0.142. The molecule has 2 aromatic rings. The van der Waals surface area contributed by atoms with Gasteiger partial charge in [0, 0.05) is 11.3 Å². The molecule has 4 nitrogen and oxygen atoms in total. The number of benzene rings is 2. The van der Waals surface area contributed by atoms with Crippen LogP contribution in [-0.2, 0) is 10.0 Å². The van der Waals surface area contributed by atoms with Crippen LogP contribution in [0.5, 0.6) is 0 Å². The van der Waals surface area contributed by atoms with Crippen molar-refractivity contribution in [3.63, 3.8) is 0 Å². The van der Waals surface area contributed by atoms with E-state index < -0.39 is 10.0 Å². The summed E-state index contributed by atoms with van der Waals surface area (Å²) in [4.78, 5) is 0.114. The molecule has 0 fully saturated rings. The van der Waals surface area contributed by atoms with Gasteiger partial charge in [0.1, 0.15) is 11.7 Å². The first-order valence-corrected chi connectivity index (χ1v) is 9.00. The average molecular weight is 358 g/mol. The fraction of sp³-hybridized carbons (Fsp3) is 0.105. The number of allylic oxidation sites excluding steroid dienone is 2. The Labute approximate surface area is 147 Å². The molecule has 0 saturated carbocycles. The number of nitrogens with one attached hydrogen (secondary N) is 1. The van der Waals surface area contributed by atoms with Crippen molar-refractivity contribution in [3.8, 4) is 0 Å². The first kappa shape index (κ1) is 18.6. The van der Waals surface area contributed by atoms with Crippen LogP contribution in [0.15, 0.2) is 76.6 Å². The molecule has 0 amide bonds.